The molecule has 0 amide bonds. The first-order valence-corrected chi connectivity index (χ1v) is 7.78. The van der Waals surface area contributed by atoms with Crippen LogP contribution in [0.25, 0.3) is 0 Å². The van der Waals surface area contributed by atoms with Gasteiger partial charge in [-0.15, -0.1) is 0 Å². The van der Waals surface area contributed by atoms with E-state index in [0.717, 1.165) is 17.7 Å². The van der Waals surface area contributed by atoms with Crippen molar-refractivity contribution >= 4 is 15.9 Å². The average molecular weight is 311 g/mol. The molecule has 0 unspecified atom stereocenters. The predicted molar refractivity (Wildman–Crippen MR) is 80.8 cm³/mol. The molecule has 0 heterocycles. The second-order valence-electron chi connectivity index (χ2n) is 6.65. The molecule has 1 aliphatic rings. The summed E-state index contributed by atoms with van der Waals surface area (Å²) >= 11 is 3.58. The molecule has 1 aromatic rings. The van der Waals surface area contributed by atoms with Crippen LogP contribution in [0.3, 0.4) is 0 Å². The minimum atomic E-state index is 0.205. The Morgan fingerprint density at radius 3 is 2.39 bits per heavy atom. The highest BCUT2D eigenvalue weighted by molar-refractivity contribution is 9.09. The third kappa shape index (κ3) is 3.09. The van der Waals surface area contributed by atoms with Crippen LogP contribution in [0.1, 0.15) is 44.7 Å². The lowest BCUT2D eigenvalue weighted by molar-refractivity contribution is 0.249. The number of rotatable bonds is 4. The zero-order valence-corrected chi connectivity index (χ0v) is 13.4. The third-order valence-corrected chi connectivity index (χ3v) is 5.00. The molecule has 1 nitrogen and oxygen atoms in total. The van der Waals surface area contributed by atoms with Crippen molar-refractivity contribution in [2.45, 2.75) is 46.0 Å². The first kappa shape index (κ1) is 13.9. The normalized spacial score (nSPS) is 17.6. The Kier molecular flexibility index (Phi) is 3.77. The molecule has 0 bridgehead atoms. The Bertz CT molecular complexity index is 427. The van der Waals surface area contributed by atoms with Crippen molar-refractivity contribution in [3.05, 3.63) is 29.3 Å². The van der Waals surface area contributed by atoms with E-state index in [9.17, 15) is 0 Å². The van der Waals surface area contributed by atoms with Gasteiger partial charge in [0.25, 0.3) is 0 Å². The van der Waals surface area contributed by atoms with E-state index >= 15 is 0 Å². The monoisotopic (exact) mass is 310 g/mol. The summed E-state index contributed by atoms with van der Waals surface area (Å²) in [7, 11) is 0. The molecule has 0 radical (unpaired) electrons. The van der Waals surface area contributed by atoms with Gasteiger partial charge in [-0.05, 0) is 42.4 Å². The number of hydrogen-bond donors (Lipinski definition) is 0. The molecule has 18 heavy (non-hydrogen) atoms. The second kappa shape index (κ2) is 4.88. The van der Waals surface area contributed by atoms with Gasteiger partial charge in [-0.25, -0.2) is 0 Å². The molecular formula is C16H23BrO. The van der Waals surface area contributed by atoms with Crippen LogP contribution >= 0.6 is 15.9 Å². The van der Waals surface area contributed by atoms with Crippen LogP contribution in [0.5, 0.6) is 5.75 Å². The van der Waals surface area contributed by atoms with Crippen LogP contribution < -0.4 is 4.74 Å². The molecule has 100 valence electrons. The number of aryl methyl sites for hydroxylation is 1. The number of ether oxygens (including phenoxy) is 1. The van der Waals surface area contributed by atoms with Crippen molar-refractivity contribution in [1.29, 1.82) is 0 Å². The number of alkyl halides is 1. The lowest BCUT2D eigenvalue weighted by Gasteiger charge is -2.21. The van der Waals surface area contributed by atoms with E-state index in [-0.39, 0.29) is 5.41 Å². The van der Waals surface area contributed by atoms with Crippen molar-refractivity contribution in [2.75, 3.05) is 11.9 Å². The first-order valence-electron chi connectivity index (χ1n) is 6.66. The van der Waals surface area contributed by atoms with E-state index < -0.39 is 0 Å². The summed E-state index contributed by atoms with van der Waals surface area (Å²) in [6.45, 7) is 9.71. The highest BCUT2D eigenvalue weighted by atomic mass is 79.9. The zero-order valence-electron chi connectivity index (χ0n) is 11.8. The van der Waals surface area contributed by atoms with Crippen LogP contribution in [0.15, 0.2) is 18.2 Å². The van der Waals surface area contributed by atoms with Crippen LogP contribution in [0.2, 0.25) is 0 Å². The molecule has 0 spiro atoms. The second-order valence-corrected chi connectivity index (χ2v) is 7.21. The molecule has 0 atom stereocenters. The van der Waals surface area contributed by atoms with Crippen LogP contribution in [-0.4, -0.2) is 11.9 Å². The van der Waals surface area contributed by atoms with Crippen molar-refractivity contribution in [1.82, 2.24) is 0 Å². The summed E-state index contributed by atoms with van der Waals surface area (Å²) in [5.41, 5.74) is 3.23. The van der Waals surface area contributed by atoms with Crippen LogP contribution in [0.4, 0.5) is 0 Å². The standard InChI is InChI=1S/C16H23BrO/c1-12-9-13(15(2,3)4)5-6-14(12)18-11-16(10-17)7-8-16/h5-6,9H,7-8,10-11H2,1-4H3. The van der Waals surface area contributed by atoms with Gasteiger partial charge in [-0.3, -0.25) is 0 Å². The maximum atomic E-state index is 5.99. The Morgan fingerprint density at radius 2 is 1.94 bits per heavy atom. The van der Waals surface area contributed by atoms with Crippen molar-refractivity contribution < 1.29 is 4.74 Å². The third-order valence-electron chi connectivity index (χ3n) is 3.82. The summed E-state index contributed by atoms with van der Waals surface area (Å²) in [5, 5.41) is 1.05. The molecule has 1 fully saturated rings. The van der Waals surface area contributed by atoms with Crippen molar-refractivity contribution in [2.24, 2.45) is 5.41 Å². The molecule has 1 saturated carbocycles. The van der Waals surface area contributed by atoms with Crippen molar-refractivity contribution in [3.8, 4) is 5.75 Å². The van der Waals surface area contributed by atoms with Crippen molar-refractivity contribution in [3.63, 3.8) is 0 Å². The minimum absolute atomic E-state index is 0.205. The first-order chi connectivity index (χ1) is 8.36. The van der Waals surface area contributed by atoms with E-state index in [0.29, 0.717) is 5.41 Å². The van der Waals surface area contributed by atoms with Gasteiger partial charge in [-0.2, -0.15) is 0 Å². The fourth-order valence-corrected chi connectivity index (χ4v) is 2.72. The zero-order chi connectivity index (χ0) is 13.4. The summed E-state index contributed by atoms with van der Waals surface area (Å²) in [6.07, 6.45) is 2.58. The molecule has 1 aliphatic carbocycles. The fraction of sp³-hybridized carbons (Fsp3) is 0.625. The van der Waals surface area contributed by atoms with E-state index in [1.807, 2.05) is 0 Å². The maximum Gasteiger partial charge on any atom is 0.122 e. The summed E-state index contributed by atoms with van der Waals surface area (Å²) < 4.78 is 5.99. The van der Waals surface area contributed by atoms with Gasteiger partial charge in [-0.1, -0.05) is 48.8 Å². The van der Waals surface area contributed by atoms with Gasteiger partial charge in [0.05, 0.1) is 6.61 Å². The van der Waals surface area contributed by atoms with Gasteiger partial charge in [0.2, 0.25) is 0 Å². The molecule has 0 aromatic heterocycles. The lowest BCUT2D eigenvalue weighted by Crippen LogP contribution is -2.15. The minimum Gasteiger partial charge on any atom is -0.493 e. The van der Waals surface area contributed by atoms with Gasteiger partial charge >= 0.3 is 0 Å². The highest BCUT2D eigenvalue weighted by Gasteiger charge is 2.42. The van der Waals surface area contributed by atoms with Crippen LogP contribution in [-0.2, 0) is 5.41 Å². The van der Waals surface area contributed by atoms with Gasteiger partial charge in [0.1, 0.15) is 5.75 Å². The molecular weight excluding hydrogens is 288 g/mol. The highest BCUT2D eigenvalue weighted by Crippen LogP contribution is 2.47. The molecule has 0 aliphatic heterocycles. The Balaban J connectivity index is 2.06. The molecule has 0 saturated heterocycles. The fourth-order valence-electron chi connectivity index (χ4n) is 2.00. The lowest BCUT2D eigenvalue weighted by atomic mass is 9.86. The number of halogens is 1. The van der Waals surface area contributed by atoms with E-state index in [2.05, 4.69) is 61.8 Å². The molecule has 0 N–H and O–H groups in total. The largest absolute Gasteiger partial charge is 0.493 e. The quantitative estimate of drug-likeness (QED) is 0.723. The Morgan fingerprint density at radius 1 is 1.28 bits per heavy atom. The van der Waals surface area contributed by atoms with Gasteiger partial charge in [0.15, 0.2) is 0 Å². The summed E-state index contributed by atoms with van der Waals surface area (Å²) in [6, 6.07) is 6.57. The number of benzene rings is 1. The summed E-state index contributed by atoms with van der Waals surface area (Å²) in [5.74, 6) is 1.04. The van der Waals surface area contributed by atoms with E-state index in [4.69, 9.17) is 4.74 Å². The topological polar surface area (TPSA) is 9.23 Å². The number of hydrogen-bond acceptors (Lipinski definition) is 1. The molecule has 2 rings (SSSR count). The molecule has 2 heteroatoms. The maximum absolute atomic E-state index is 5.99. The Hall–Kier alpha value is -0.500. The SMILES string of the molecule is Cc1cc(C(C)(C)C)ccc1OCC1(CBr)CC1. The van der Waals surface area contributed by atoms with Gasteiger partial charge in [0, 0.05) is 10.7 Å². The smallest absolute Gasteiger partial charge is 0.122 e. The Labute approximate surface area is 119 Å². The average Bonchev–Trinajstić information content (AvgIpc) is 3.07. The van der Waals surface area contributed by atoms with E-state index in [1.54, 1.807) is 0 Å². The predicted octanol–water partition coefficient (Wildman–Crippen LogP) is 4.85. The summed E-state index contributed by atoms with van der Waals surface area (Å²) in [4.78, 5) is 0. The molecule has 1 aromatic carbocycles. The van der Waals surface area contributed by atoms with Gasteiger partial charge < -0.3 is 4.74 Å². The van der Waals surface area contributed by atoms with Crippen LogP contribution in [0, 0.1) is 12.3 Å². The van der Waals surface area contributed by atoms with E-state index in [1.165, 1.54) is 24.0 Å².